The minimum Gasteiger partial charge on any atom is -0.496 e. The van der Waals surface area contributed by atoms with E-state index in [0.717, 1.165) is 31.9 Å². The Labute approximate surface area is 117 Å². The Balaban J connectivity index is 2.49. The molecule has 1 aromatic heterocycles. The Morgan fingerprint density at radius 1 is 1.16 bits per heavy atom. The van der Waals surface area contributed by atoms with Crippen LogP contribution in [0.3, 0.4) is 0 Å². The van der Waals surface area contributed by atoms with Gasteiger partial charge in [-0.1, -0.05) is 6.07 Å². The van der Waals surface area contributed by atoms with E-state index in [1.807, 2.05) is 31.2 Å². The molecule has 4 heteroatoms. The topological polar surface area (TPSA) is 39.4 Å². The Morgan fingerprint density at radius 2 is 1.95 bits per heavy atom. The number of aryl methyl sites for hydroxylation is 1. The molecular formula is C15H11BrO3. The first-order valence-electron chi connectivity index (χ1n) is 5.81. The van der Waals surface area contributed by atoms with Gasteiger partial charge in [-0.3, -0.25) is 0 Å². The predicted molar refractivity (Wildman–Crippen MR) is 79.0 cm³/mol. The third-order valence-corrected chi connectivity index (χ3v) is 4.03. The summed E-state index contributed by atoms with van der Waals surface area (Å²) in [5, 5.41) is 2.97. The molecule has 0 amide bonds. The van der Waals surface area contributed by atoms with Gasteiger partial charge < -0.3 is 9.15 Å². The third kappa shape index (κ3) is 1.92. The second kappa shape index (κ2) is 4.38. The normalized spacial score (nSPS) is 11.1. The summed E-state index contributed by atoms with van der Waals surface area (Å²) in [5.74, 6) is 0.752. The second-order valence-electron chi connectivity index (χ2n) is 4.40. The Hall–Kier alpha value is -1.81. The molecule has 0 aliphatic rings. The quantitative estimate of drug-likeness (QED) is 0.502. The number of ether oxygens (including phenoxy) is 1. The summed E-state index contributed by atoms with van der Waals surface area (Å²) >= 11 is 3.52. The zero-order chi connectivity index (χ0) is 13.6. The highest BCUT2D eigenvalue weighted by atomic mass is 79.9. The standard InChI is InChI=1S/C15H11BrO3/c1-8-5-14(17)19-13-7-11-9(6-10(8)13)3-4-12(18-2)15(11)16/h3-7H,1-2H3. The fourth-order valence-corrected chi connectivity index (χ4v) is 2.88. The lowest BCUT2D eigenvalue weighted by molar-refractivity contribution is 0.413. The first-order valence-corrected chi connectivity index (χ1v) is 6.60. The molecule has 0 spiro atoms. The number of hydrogen-bond donors (Lipinski definition) is 0. The molecule has 1 heterocycles. The van der Waals surface area contributed by atoms with E-state index in [4.69, 9.17) is 9.15 Å². The van der Waals surface area contributed by atoms with Crippen LogP contribution in [0.5, 0.6) is 5.75 Å². The average Bonchev–Trinajstić information content (AvgIpc) is 2.38. The lowest BCUT2D eigenvalue weighted by Gasteiger charge is -2.08. The van der Waals surface area contributed by atoms with Gasteiger partial charge >= 0.3 is 5.63 Å². The van der Waals surface area contributed by atoms with Crippen LogP contribution < -0.4 is 10.4 Å². The zero-order valence-electron chi connectivity index (χ0n) is 10.5. The van der Waals surface area contributed by atoms with Gasteiger partial charge in [-0.05, 0) is 52.0 Å². The Bertz CT molecular complexity index is 849. The maximum absolute atomic E-state index is 11.4. The van der Waals surface area contributed by atoms with Gasteiger partial charge in [0.05, 0.1) is 11.6 Å². The van der Waals surface area contributed by atoms with Crippen LogP contribution in [0, 0.1) is 6.92 Å². The maximum atomic E-state index is 11.4. The molecule has 3 nitrogen and oxygen atoms in total. The van der Waals surface area contributed by atoms with Gasteiger partial charge in [0.1, 0.15) is 11.3 Å². The van der Waals surface area contributed by atoms with Gasteiger partial charge in [0.25, 0.3) is 0 Å². The van der Waals surface area contributed by atoms with Crippen LogP contribution >= 0.6 is 15.9 Å². The molecule has 0 saturated carbocycles. The van der Waals surface area contributed by atoms with Crippen molar-refractivity contribution in [3.63, 3.8) is 0 Å². The number of halogens is 1. The molecule has 3 rings (SSSR count). The second-order valence-corrected chi connectivity index (χ2v) is 5.19. The summed E-state index contributed by atoms with van der Waals surface area (Å²) in [5.41, 5.74) is 1.18. The van der Waals surface area contributed by atoms with Gasteiger partial charge in [0.2, 0.25) is 0 Å². The predicted octanol–water partition coefficient (Wildman–Crippen LogP) is 4.03. The van der Waals surface area contributed by atoms with Crippen LogP contribution in [-0.2, 0) is 0 Å². The van der Waals surface area contributed by atoms with E-state index in [1.54, 1.807) is 7.11 Å². The van der Waals surface area contributed by atoms with Crippen molar-refractivity contribution in [2.45, 2.75) is 6.92 Å². The number of fused-ring (bicyclic) bond motifs is 2. The number of benzene rings is 2. The van der Waals surface area contributed by atoms with Gasteiger partial charge in [0, 0.05) is 16.8 Å². The highest BCUT2D eigenvalue weighted by Gasteiger charge is 2.09. The SMILES string of the molecule is COc1ccc2cc3c(C)cc(=O)oc3cc2c1Br. The van der Waals surface area contributed by atoms with Gasteiger partial charge in [-0.15, -0.1) is 0 Å². The van der Waals surface area contributed by atoms with Crippen LogP contribution in [0.4, 0.5) is 0 Å². The van der Waals surface area contributed by atoms with Crippen LogP contribution in [0.25, 0.3) is 21.7 Å². The van der Waals surface area contributed by atoms with E-state index in [0.29, 0.717) is 5.58 Å². The van der Waals surface area contributed by atoms with Crippen molar-refractivity contribution in [1.82, 2.24) is 0 Å². The van der Waals surface area contributed by atoms with Gasteiger partial charge in [-0.25, -0.2) is 4.79 Å². The molecule has 96 valence electrons. The van der Waals surface area contributed by atoms with E-state index in [1.165, 1.54) is 6.07 Å². The van der Waals surface area contributed by atoms with Crippen molar-refractivity contribution in [1.29, 1.82) is 0 Å². The van der Waals surface area contributed by atoms with Crippen LogP contribution in [0.2, 0.25) is 0 Å². The average molecular weight is 319 g/mol. The van der Waals surface area contributed by atoms with Gasteiger partial charge in [-0.2, -0.15) is 0 Å². The molecule has 19 heavy (non-hydrogen) atoms. The fourth-order valence-electron chi connectivity index (χ4n) is 2.24. The highest BCUT2D eigenvalue weighted by molar-refractivity contribution is 9.10. The lowest BCUT2D eigenvalue weighted by Crippen LogP contribution is -1.97. The molecule has 0 bridgehead atoms. The summed E-state index contributed by atoms with van der Waals surface area (Å²) < 4.78 is 11.4. The zero-order valence-corrected chi connectivity index (χ0v) is 12.1. The summed E-state index contributed by atoms with van der Waals surface area (Å²) in [6, 6.07) is 9.29. The molecule has 0 unspecified atom stereocenters. The fraction of sp³-hybridized carbons (Fsp3) is 0.133. The minimum atomic E-state index is -0.330. The van der Waals surface area contributed by atoms with E-state index < -0.39 is 0 Å². The number of rotatable bonds is 1. The van der Waals surface area contributed by atoms with Crippen LogP contribution in [0.1, 0.15) is 5.56 Å². The van der Waals surface area contributed by atoms with Crippen molar-refractivity contribution < 1.29 is 9.15 Å². The summed E-state index contributed by atoms with van der Waals surface area (Å²) in [7, 11) is 1.62. The molecule has 0 saturated heterocycles. The molecule has 2 aromatic carbocycles. The largest absolute Gasteiger partial charge is 0.496 e. The lowest BCUT2D eigenvalue weighted by atomic mass is 10.0. The molecule has 3 aromatic rings. The molecular weight excluding hydrogens is 308 g/mol. The molecule has 0 N–H and O–H groups in total. The Morgan fingerprint density at radius 3 is 2.68 bits per heavy atom. The number of methoxy groups -OCH3 is 1. The smallest absolute Gasteiger partial charge is 0.336 e. The molecule has 0 aliphatic heterocycles. The molecule has 0 aliphatic carbocycles. The van der Waals surface area contributed by atoms with Crippen molar-refractivity contribution in [2.75, 3.05) is 7.11 Å². The van der Waals surface area contributed by atoms with Crippen molar-refractivity contribution in [3.05, 3.63) is 50.8 Å². The molecule has 0 radical (unpaired) electrons. The summed E-state index contributed by atoms with van der Waals surface area (Å²) in [4.78, 5) is 11.4. The van der Waals surface area contributed by atoms with Crippen molar-refractivity contribution in [2.24, 2.45) is 0 Å². The highest BCUT2D eigenvalue weighted by Crippen LogP contribution is 2.35. The summed E-state index contributed by atoms with van der Waals surface area (Å²) in [6.07, 6.45) is 0. The first kappa shape index (κ1) is 12.2. The van der Waals surface area contributed by atoms with E-state index in [2.05, 4.69) is 15.9 Å². The van der Waals surface area contributed by atoms with Crippen LogP contribution in [0.15, 0.2) is 44.0 Å². The van der Waals surface area contributed by atoms with E-state index >= 15 is 0 Å². The van der Waals surface area contributed by atoms with E-state index in [-0.39, 0.29) is 5.63 Å². The summed E-state index contributed by atoms with van der Waals surface area (Å²) in [6.45, 7) is 1.91. The Kier molecular flexibility index (Phi) is 2.82. The monoisotopic (exact) mass is 318 g/mol. The van der Waals surface area contributed by atoms with E-state index in [9.17, 15) is 4.79 Å². The van der Waals surface area contributed by atoms with Crippen molar-refractivity contribution in [3.8, 4) is 5.75 Å². The molecule has 0 fully saturated rings. The minimum absolute atomic E-state index is 0.330. The first-order chi connectivity index (χ1) is 9.10. The van der Waals surface area contributed by atoms with Crippen LogP contribution in [-0.4, -0.2) is 7.11 Å². The number of hydrogen-bond acceptors (Lipinski definition) is 3. The molecule has 0 atom stereocenters. The van der Waals surface area contributed by atoms with Crippen molar-refractivity contribution >= 4 is 37.7 Å². The maximum Gasteiger partial charge on any atom is 0.336 e. The third-order valence-electron chi connectivity index (χ3n) is 3.21. The van der Waals surface area contributed by atoms with Gasteiger partial charge in [0.15, 0.2) is 0 Å².